The van der Waals surface area contributed by atoms with Crippen molar-refractivity contribution in [2.75, 3.05) is 12.4 Å². The molecular formula is C22H24N4O. The number of pyridine rings is 1. The average Bonchev–Trinajstić information content (AvgIpc) is 3.08. The molecule has 0 atom stereocenters. The van der Waals surface area contributed by atoms with E-state index in [1.807, 2.05) is 62.5 Å². The van der Waals surface area contributed by atoms with Gasteiger partial charge in [0, 0.05) is 42.6 Å². The number of fused-ring (bicyclic) bond motifs is 1. The molecule has 0 radical (unpaired) electrons. The zero-order chi connectivity index (χ0) is 19.4. The second-order valence-corrected chi connectivity index (χ2v) is 6.59. The van der Waals surface area contributed by atoms with Gasteiger partial charge >= 0.3 is 6.03 Å². The van der Waals surface area contributed by atoms with Gasteiger partial charge in [-0.25, -0.2) is 9.78 Å². The Balaban J connectivity index is 1.86. The van der Waals surface area contributed by atoms with Crippen LogP contribution in [-0.2, 0) is 6.42 Å². The molecule has 3 aromatic rings. The number of hydrogen-bond donors (Lipinski definition) is 2. The molecular weight excluding hydrogens is 336 g/mol. The van der Waals surface area contributed by atoms with Crippen LogP contribution in [0.25, 0.3) is 11.0 Å². The van der Waals surface area contributed by atoms with Gasteiger partial charge in [0.2, 0.25) is 0 Å². The number of rotatable bonds is 5. The Bertz CT molecular complexity index is 1000. The van der Waals surface area contributed by atoms with Crippen LogP contribution in [0.1, 0.15) is 19.4 Å². The highest BCUT2D eigenvalue weighted by molar-refractivity contribution is 5.90. The first-order valence-electron chi connectivity index (χ1n) is 8.83. The summed E-state index contributed by atoms with van der Waals surface area (Å²) >= 11 is 0. The van der Waals surface area contributed by atoms with Crippen LogP contribution in [0, 0.1) is 0 Å². The predicted molar refractivity (Wildman–Crippen MR) is 111 cm³/mol. The van der Waals surface area contributed by atoms with E-state index in [-0.39, 0.29) is 6.03 Å². The largest absolute Gasteiger partial charge is 0.346 e. The first kappa shape index (κ1) is 18.5. The molecule has 0 saturated heterocycles. The van der Waals surface area contributed by atoms with Crippen LogP contribution in [0.4, 0.5) is 10.5 Å². The third-order valence-electron chi connectivity index (χ3n) is 4.69. The number of urea groups is 1. The van der Waals surface area contributed by atoms with Gasteiger partial charge in [0.25, 0.3) is 0 Å². The Hall–Kier alpha value is -3.34. The number of allylic oxidation sites excluding steroid dienone is 3. The summed E-state index contributed by atoms with van der Waals surface area (Å²) in [6.45, 7) is 8.03. The molecule has 5 heteroatoms. The smallest absolute Gasteiger partial charge is 0.325 e. The SMILES string of the molecule is C=C(C)/C(Cc1c[nH]c2ncccc12)=C(/C)N(C)C(=O)Nc1ccccc1. The van der Waals surface area contributed by atoms with Gasteiger partial charge in [-0.1, -0.05) is 30.4 Å². The van der Waals surface area contributed by atoms with Crippen molar-refractivity contribution >= 4 is 22.8 Å². The van der Waals surface area contributed by atoms with Crippen molar-refractivity contribution in [3.05, 3.63) is 83.8 Å². The highest BCUT2D eigenvalue weighted by Crippen LogP contribution is 2.25. The number of carbonyl (C=O) groups excluding carboxylic acids is 1. The molecule has 0 fully saturated rings. The Morgan fingerprint density at radius 1 is 1.19 bits per heavy atom. The number of aromatic nitrogens is 2. The lowest BCUT2D eigenvalue weighted by molar-refractivity contribution is 0.232. The number of nitrogens with one attached hydrogen (secondary N) is 2. The summed E-state index contributed by atoms with van der Waals surface area (Å²) < 4.78 is 0. The van der Waals surface area contributed by atoms with Crippen LogP contribution in [0.3, 0.4) is 0 Å². The Kier molecular flexibility index (Phi) is 5.41. The predicted octanol–water partition coefficient (Wildman–Crippen LogP) is 5.12. The molecule has 1 aromatic carbocycles. The van der Waals surface area contributed by atoms with Crippen molar-refractivity contribution in [2.45, 2.75) is 20.3 Å². The van der Waals surface area contributed by atoms with Crippen molar-refractivity contribution in [3.8, 4) is 0 Å². The van der Waals surface area contributed by atoms with Crippen LogP contribution in [-0.4, -0.2) is 27.9 Å². The monoisotopic (exact) mass is 360 g/mol. The normalized spacial score (nSPS) is 11.8. The van der Waals surface area contributed by atoms with Crippen molar-refractivity contribution in [3.63, 3.8) is 0 Å². The van der Waals surface area contributed by atoms with Gasteiger partial charge in [0.15, 0.2) is 0 Å². The van der Waals surface area contributed by atoms with E-state index in [0.717, 1.165) is 39.1 Å². The zero-order valence-corrected chi connectivity index (χ0v) is 15.9. The zero-order valence-electron chi connectivity index (χ0n) is 15.9. The Morgan fingerprint density at radius 3 is 2.63 bits per heavy atom. The summed E-state index contributed by atoms with van der Waals surface area (Å²) in [5, 5.41) is 4.00. The topological polar surface area (TPSA) is 61.0 Å². The summed E-state index contributed by atoms with van der Waals surface area (Å²) in [6, 6.07) is 13.2. The lowest BCUT2D eigenvalue weighted by Crippen LogP contribution is -2.31. The van der Waals surface area contributed by atoms with E-state index in [9.17, 15) is 4.79 Å². The van der Waals surface area contributed by atoms with Gasteiger partial charge in [-0.2, -0.15) is 0 Å². The van der Waals surface area contributed by atoms with E-state index >= 15 is 0 Å². The fourth-order valence-corrected chi connectivity index (χ4v) is 3.02. The molecule has 0 aliphatic carbocycles. The van der Waals surface area contributed by atoms with E-state index in [1.54, 1.807) is 18.1 Å². The molecule has 2 aromatic heterocycles. The van der Waals surface area contributed by atoms with Gasteiger partial charge in [0.1, 0.15) is 5.65 Å². The number of anilines is 1. The molecule has 0 bridgehead atoms. The van der Waals surface area contributed by atoms with Gasteiger partial charge < -0.3 is 15.2 Å². The van der Waals surface area contributed by atoms with E-state index in [1.165, 1.54) is 0 Å². The summed E-state index contributed by atoms with van der Waals surface area (Å²) in [4.78, 5) is 21.8. The molecule has 138 valence electrons. The number of carbonyl (C=O) groups is 1. The minimum atomic E-state index is -0.182. The minimum absolute atomic E-state index is 0.182. The average molecular weight is 360 g/mol. The highest BCUT2D eigenvalue weighted by Gasteiger charge is 2.16. The summed E-state index contributed by atoms with van der Waals surface area (Å²) in [5.41, 5.74) is 5.60. The van der Waals surface area contributed by atoms with Crippen LogP contribution in [0.15, 0.2) is 78.3 Å². The van der Waals surface area contributed by atoms with E-state index in [4.69, 9.17) is 0 Å². The maximum Gasteiger partial charge on any atom is 0.325 e. The van der Waals surface area contributed by atoms with Gasteiger partial charge in [-0.15, -0.1) is 0 Å². The molecule has 0 aliphatic heterocycles. The van der Waals surface area contributed by atoms with Crippen LogP contribution in [0.5, 0.6) is 0 Å². The van der Waals surface area contributed by atoms with Gasteiger partial charge in [0.05, 0.1) is 0 Å². The third-order valence-corrected chi connectivity index (χ3v) is 4.69. The fourth-order valence-electron chi connectivity index (χ4n) is 3.02. The Morgan fingerprint density at radius 2 is 1.93 bits per heavy atom. The minimum Gasteiger partial charge on any atom is -0.346 e. The third kappa shape index (κ3) is 4.08. The maximum atomic E-state index is 12.6. The second kappa shape index (κ2) is 7.91. The van der Waals surface area contributed by atoms with E-state index in [2.05, 4.69) is 21.9 Å². The lowest BCUT2D eigenvalue weighted by Gasteiger charge is -2.23. The number of para-hydroxylation sites is 1. The molecule has 0 unspecified atom stereocenters. The highest BCUT2D eigenvalue weighted by atomic mass is 16.2. The number of aromatic amines is 1. The summed E-state index contributed by atoms with van der Waals surface area (Å²) in [7, 11) is 1.77. The van der Waals surface area contributed by atoms with Crippen LogP contribution < -0.4 is 5.32 Å². The van der Waals surface area contributed by atoms with Crippen molar-refractivity contribution in [1.82, 2.24) is 14.9 Å². The molecule has 3 rings (SSSR count). The van der Waals surface area contributed by atoms with E-state index in [0.29, 0.717) is 6.42 Å². The van der Waals surface area contributed by atoms with Crippen molar-refractivity contribution in [1.29, 1.82) is 0 Å². The number of nitrogens with zero attached hydrogens (tertiary/aromatic N) is 2. The summed E-state index contributed by atoms with van der Waals surface area (Å²) in [6.07, 6.45) is 4.42. The first-order valence-corrected chi connectivity index (χ1v) is 8.83. The molecule has 2 amide bonds. The number of amides is 2. The van der Waals surface area contributed by atoms with Crippen LogP contribution in [0.2, 0.25) is 0 Å². The molecule has 5 nitrogen and oxygen atoms in total. The molecule has 0 spiro atoms. The van der Waals surface area contributed by atoms with Crippen molar-refractivity contribution in [2.24, 2.45) is 0 Å². The fraction of sp³-hybridized carbons (Fsp3) is 0.182. The Labute approximate surface area is 159 Å². The number of hydrogen-bond acceptors (Lipinski definition) is 2. The van der Waals surface area contributed by atoms with Crippen LogP contribution >= 0.6 is 0 Å². The lowest BCUT2D eigenvalue weighted by atomic mass is 9.98. The summed E-state index contributed by atoms with van der Waals surface area (Å²) in [5.74, 6) is 0. The number of benzene rings is 1. The maximum absolute atomic E-state index is 12.6. The van der Waals surface area contributed by atoms with Gasteiger partial charge in [-0.3, -0.25) is 0 Å². The molecule has 0 aliphatic rings. The quantitative estimate of drug-likeness (QED) is 0.620. The first-order chi connectivity index (χ1) is 13.0. The molecule has 2 N–H and O–H groups in total. The molecule has 2 heterocycles. The molecule has 27 heavy (non-hydrogen) atoms. The second-order valence-electron chi connectivity index (χ2n) is 6.59. The van der Waals surface area contributed by atoms with Gasteiger partial charge in [-0.05, 0) is 49.2 Å². The standard InChI is InChI=1S/C22H24N4O/c1-15(2)20(13-17-14-24-21-19(17)11-8-12-23-21)16(3)26(4)22(27)25-18-9-6-5-7-10-18/h5-12,14H,1,13H2,2-4H3,(H,23,24)(H,25,27)/b20-16-. The molecule has 0 saturated carbocycles. The van der Waals surface area contributed by atoms with Crippen molar-refractivity contribution < 1.29 is 4.79 Å². The van der Waals surface area contributed by atoms with E-state index < -0.39 is 0 Å². The number of H-pyrrole nitrogens is 1.